The molecular weight excluding hydrogens is 306 g/mol. The van der Waals surface area contributed by atoms with E-state index in [0.717, 1.165) is 16.8 Å². The maximum absolute atomic E-state index is 13.2. The van der Waals surface area contributed by atoms with Crippen LogP contribution in [0, 0.1) is 5.82 Å². The van der Waals surface area contributed by atoms with E-state index in [1.807, 2.05) is 58.0 Å². The van der Waals surface area contributed by atoms with Gasteiger partial charge in [-0.1, -0.05) is 24.3 Å². The second-order valence-electron chi connectivity index (χ2n) is 7.08. The molecule has 0 spiro atoms. The van der Waals surface area contributed by atoms with Gasteiger partial charge in [0.05, 0.1) is 11.2 Å². The van der Waals surface area contributed by atoms with Crippen molar-refractivity contribution < 1.29 is 18.4 Å². The first kappa shape index (κ1) is 17.0. The summed E-state index contributed by atoms with van der Waals surface area (Å²) in [6.07, 6.45) is 0. The van der Waals surface area contributed by atoms with Crippen molar-refractivity contribution in [2.24, 2.45) is 0 Å². The molecule has 0 unspecified atom stereocenters. The van der Waals surface area contributed by atoms with Crippen molar-refractivity contribution in [3.63, 3.8) is 0 Å². The Balaban J connectivity index is 1.64. The van der Waals surface area contributed by atoms with Crippen molar-refractivity contribution in [3.05, 3.63) is 59.9 Å². The van der Waals surface area contributed by atoms with Crippen LogP contribution in [-0.4, -0.2) is 18.3 Å². The number of ether oxygens (including phenoxy) is 1. The summed E-state index contributed by atoms with van der Waals surface area (Å²) in [5, 5.41) is 0. The normalized spacial score (nSPS) is 18.6. The lowest BCUT2D eigenvalue weighted by Crippen LogP contribution is -2.41. The Morgan fingerprint density at radius 2 is 1.58 bits per heavy atom. The number of hydrogen-bond acceptors (Lipinski definition) is 3. The molecule has 1 heterocycles. The van der Waals surface area contributed by atoms with Crippen LogP contribution in [0.4, 0.5) is 4.39 Å². The molecule has 3 rings (SSSR count). The van der Waals surface area contributed by atoms with E-state index in [2.05, 4.69) is 0 Å². The SMILES string of the molecule is CC1(C)OB(c2ccc(OCc3cccc(F)c3)cc2)OC1(C)C. The Bertz CT molecular complexity index is 697. The van der Waals surface area contributed by atoms with Crippen LogP contribution >= 0.6 is 0 Å². The van der Waals surface area contributed by atoms with Gasteiger partial charge in [0.1, 0.15) is 18.2 Å². The lowest BCUT2D eigenvalue weighted by atomic mass is 9.79. The van der Waals surface area contributed by atoms with Crippen molar-refractivity contribution in [1.82, 2.24) is 0 Å². The quantitative estimate of drug-likeness (QED) is 0.801. The zero-order chi connectivity index (χ0) is 17.4. The molecule has 24 heavy (non-hydrogen) atoms. The molecule has 0 radical (unpaired) electrons. The fourth-order valence-corrected chi connectivity index (χ4v) is 2.49. The molecule has 0 N–H and O–H groups in total. The highest BCUT2D eigenvalue weighted by molar-refractivity contribution is 6.62. The third kappa shape index (κ3) is 3.47. The predicted octanol–water partition coefficient (Wildman–Crippen LogP) is 3.70. The monoisotopic (exact) mass is 328 g/mol. The standard InChI is InChI=1S/C19H22BFO3/c1-18(2)19(3,4)24-20(23-18)15-8-10-17(11-9-15)22-13-14-6-5-7-16(21)12-14/h5-12H,13H2,1-4H3. The Kier molecular flexibility index (Phi) is 4.41. The Labute approximate surface area is 142 Å². The summed E-state index contributed by atoms with van der Waals surface area (Å²) >= 11 is 0. The molecule has 1 aliphatic rings. The average molecular weight is 328 g/mol. The minimum absolute atomic E-state index is 0.257. The molecular formula is C19H22BFO3. The van der Waals surface area contributed by atoms with Crippen LogP contribution < -0.4 is 10.2 Å². The zero-order valence-corrected chi connectivity index (χ0v) is 14.5. The molecule has 126 valence electrons. The van der Waals surface area contributed by atoms with E-state index in [0.29, 0.717) is 6.61 Å². The van der Waals surface area contributed by atoms with Gasteiger partial charge in [0, 0.05) is 0 Å². The Morgan fingerprint density at radius 3 is 2.17 bits per heavy atom. The van der Waals surface area contributed by atoms with Gasteiger partial charge in [0.2, 0.25) is 0 Å². The van der Waals surface area contributed by atoms with E-state index >= 15 is 0 Å². The van der Waals surface area contributed by atoms with Gasteiger partial charge in [-0.15, -0.1) is 0 Å². The van der Waals surface area contributed by atoms with Crippen LogP contribution in [0.1, 0.15) is 33.3 Å². The van der Waals surface area contributed by atoms with Crippen molar-refractivity contribution in [2.75, 3.05) is 0 Å². The Hall–Kier alpha value is -1.85. The number of benzene rings is 2. The molecule has 0 aliphatic carbocycles. The van der Waals surface area contributed by atoms with Crippen molar-refractivity contribution in [2.45, 2.75) is 45.5 Å². The van der Waals surface area contributed by atoms with Gasteiger partial charge in [-0.05, 0) is 63.0 Å². The number of hydrogen-bond donors (Lipinski definition) is 0. The molecule has 2 aromatic carbocycles. The zero-order valence-electron chi connectivity index (χ0n) is 14.5. The molecule has 1 aliphatic heterocycles. The molecule has 0 amide bonds. The third-order valence-corrected chi connectivity index (χ3v) is 4.70. The van der Waals surface area contributed by atoms with Crippen LogP contribution in [0.2, 0.25) is 0 Å². The summed E-state index contributed by atoms with van der Waals surface area (Å²) in [5.41, 5.74) is 1.03. The first-order chi connectivity index (χ1) is 11.3. The van der Waals surface area contributed by atoms with Crippen LogP contribution in [-0.2, 0) is 15.9 Å². The molecule has 1 saturated heterocycles. The van der Waals surface area contributed by atoms with E-state index in [9.17, 15) is 4.39 Å². The smallest absolute Gasteiger partial charge is 0.489 e. The van der Waals surface area contributed by atoms with Gasteiger partial charge in [-0.2, -0.15) is 0 Å². The highest BCUT2D eigenvalue weighted by Gasteiger charge is 2.51. The highest BCUT2D eigenvalue weighted by Crippen LogP contribution is 2.36. The molecule has 5 heteroatoms. The third-order valence-electron chi connectivity index (χ3n) is 4.70. The van der Waals surface area contributed by atoms with Crippen LogP contribution in [0.5, 0.6) is 5.75 Å². The first-order valence-electron chi connectivity index (χ1n) is 8.10. The molecule has 0 aromatic heterocycles. The minimum atomic E-state index is -0.382. The molecule has 0 atom stereocenters. The summed E-state index contributed by atoms with van der Waals surface area (Å²) in [5.74, 6) is 0.465. The van der Waals surface area contributed by atoms with Gasteiger partial charge in [-0.25, -0.2) is 4.39 Å². The van der Waals surface area contributed by atoms with Crippen molar-refractivity contribution in [3.8, 4) is 5.75 Å². The lowest BCUT2D eigenvalue weighted by molar-refractivity contribution is 0.00578. The summed E-state index contributed by atoms with van der Waals surface area (Å²) < 4.78 is 30.9. The second-order valence-corrected chi connectivity index (χ2v) is 7.08. The van der Waals surface area contributed by atoms with Crippen LogP contribution in [0.15, 0.2) is 48.5 Å². The summed E-state index contributed by atoms with van der Waals surface area (Å²) in [7, 11) is -0.382. The van der Waals surface area contributed by atoms with E-state index in [-0.39, 0.29) is 24.1 Å². The van der Waals surface area contributed by atoms with E-state index < -0.39 is 0 Å². The molecule has 0 saturated carbocycles. The fourth-order valence-electron chi connectivity index (χ4n) is 2.49. The van der Waals surface area contributed by atoms with Gasteiger partial charge in [0.25, 0.3) is 0 Å². The minimum Gasteiger partial charge on any atom is -0.489 e. The summed E-state index contributed by atoms with van der Waals surface area (Å²) in [6, 6.07) is 14.0. The van der Waals surface area contributed by atoms with Gasteiger partial charge >= 0.3 is 7.12 Å². The average Bonchev–Trinajstić information content (AvgIpc) is 2.74. The largest absolute Gasteiger partial charge is 0.494 e. The predicted molar refractivity (Wildman–Crippen MR) is 92.9 cm³/mol. The van der Waals surface area contributed by atoms with Gasteiger partial charge < -0.3 is 14.0 Å². The van der Waals surface area contributed by atoms with Crippen molar-refractivity contribution >= 4 is 12.6 Å². The summed E-state index contributed by atoms with van der Waals surface area (Å²) in [6.45, 7) is 8.45. The second kappa shape index (κ2) is 6.23. The van der Waals surface area contributed by atoms with Gasteiger partial charge in [0.15, 0.2) is 0 Å². The van der Waals surface area contributed by atoms with Crippen LogP contribution in [0.3, 0.4) is 0 Å². The maximum Gasteiger partial charge on any atom is 0.494 e. The Morgan fingerprint density at radius 1 is 0.958 bits per heavy atom. The topological polar surface area (TPSA) is 27.7 Å². The van der Waals surface area contributed by atoms with Crippen LogP contribution in [0.25, 0.3) is 0 Å². The molecule has 3 nitrogen and oxygen atoms in total. The summed E-state index contributed by atoms with van der Waals surface area (Å²) in [4.78, 5) is 0. The van der Waals surface area contributed by atoms with E-state index in [1.54, 1.807) is 6.07 Å². The highest BCUT2D eigenvalue weighted by atomic mass is 19.1. The molecule has 0 bridgehead atoms. The fraction of sp³-hybridized carbons (Fsp3) is 0.368. The molecule has 2 aromatic rings. The number of rotatable bonds is 4. The van der Waals surface area contributed by atoms with Gasteiger partial charge in [-0.3, -0.25) is 0 Å². The first-order valence-corrected chi connectivity index (χ1v) is 8.10. The van der Waals surface area contributed by atoms with E-state index in [1.165, 1.54) is 12.1 Å². The van der Waals surface area contributed by atoms with Crippen molar-refractivity contribution in [1.29, 1.82) is 0 Å². The lowest BCUT2D eigenvalue weighted by Gasteiger charge is -2.32. The van der Waals surface area contributed by atoms with E-state index in [4.69, 9.17) is 14.0 Å². The maximum atomic E-state index is 13.2. The number of halogens is 1. The molecule has 1 fully saturated rings.